The zero-order chi connectivity index (χ0) is 20.2. The monoisotopic (exact) mass is 440 g/mol. The highest BCUT2D eigenvalue weighted by atomic mass is 79.9. The van der Waals surface area contributed by atoms with Gasteiger partial charge in [-0.1, -0.05) is 82.2 Å². The maximum Gasteiger partial charge on any atom is 0.115 e. The molecule has 0 saturated heterocycles. The topological polar surface area (TPSA) is 20.2 Å². The van der Waals surface area contributed by atoms with E-state index >= 15 is 0 Å². The maximum atomic E-state index is 9.98. The average Bonchev–Trinajstić information content (AvgIpc) is 3.01. The summed E-state index contributed by atoms with van der Waals surface area (Å²) in [7, 11) is 0. The van der Waals surface area contributed by atoms with Crippen LogP contribution in [0.15, 0.2) is 89.4 Å². The Hall–Kier alpha value is -2.84. The fraction of sp³-hybridized carbons (Fsp3) is 0.111. The molecule has 1 atom stereocenters. The normalized spacial score (nSPS) is 17.1. The molecule has 5 rings (SSSR count). The Morgan fingerprint density at radius 3 is 2.21 bits per heavy atom. The van der Waals surface area contributed by atoms with Crippen molar-refractivity contribution in [2.45, 2.75) is 19.3 Å². The van der Waals surface area contributed by atoms with Crippen molar-refractivity contribution in [2.24, 2.45) is 0 Å². The van der Waals surface area contributed by atoms with Crippen LogP contribution >= 0.6 is 15.9 Å². The van der Waals surface area contributed by atoms with E-state index in [1.54, 1.807) is 12.1 Å². The number of aryl methyl sites for hydroxylation is 2. The van der Waals surface area contributed by atoms with E-state index in [0.717, 1.165) is 10.0 Å². The van der Waals surface area contributed by atoms with E-state index in [2.05, 4.69) is 103 Å². The third kappa shape index (κ3) is 2.59. The minimum atomic E-state index is -0.431. The fourth-order valence-electron chi connectivity index (χ4n) is 4.86. The van der Waals surface area contributed by atoms with Gasteiger partial charge >= 0.3 is 0 Å². The largest absolute Gasteiger partial charge is 0.508 e. The molecule has 0 aliphatic heterocycles. The molecule has 1 N–H and O–H groups in total. The molecule has 0 heterocycles. The second-order valence-electron chi connectivity index (χ2n) is 7.85. The van der Waals surface area contributed by atoms with Crippen molar-refractivity contribution in [2.75, 3.05) is 0 Å². The van der Waals surface area contributed by atoms with Gasteiger partial charge in [0.25, 0.3) is 0 Å². The summed E-state index contributed by atoms with van der Waals surface area (Å²) in [6, 6.07) is 29.7. The molecular formula is C27H21BrO. The average molecular weight is 441 g/mol. The van der Waals surface area contributed by atoms with Gasteiger partial charge in [0.15, 0.2) is 0 Å². The van der Waals surface area contributed by atoms with Crippen LogP contribution in [0.5, 0.6) is 5.75 Å². The second kappa shape index (κ2) is 6.60. The van der Waals surface area contributed by atoms with Crippen LogP contribution in [0.4, 0.5) is 0 Å². The summed E-state index contributed by atoms with van der Waals surface area (Å²) in [5.41, 5.74) is 9.60. The van der Waals surface area contributed by atoms with Crippen molar-refractivity contribution >= 4 is 15.9 Å². The molecule has 1 nitrogen and oxygen atoms in total. The zero-order valence-electron chi connectivity index (χ0n) is 16.4. The number of phenols is 1. The van der Waals surface area contributed by atoms with Crippen LogP contribution < -0.4 is 0 Å². The fourth-order valence-corrected chi connectivity index (χ4v) is 5.22. The number of hydrogen-bond donors (Lipinski definition) is 1. The van der Waals surface area contributed by atoms with Crippen molar-refractivity contribution in [1.82, 2.24) is 0 Å². The van der Waals surface area contributed by atoms with Crippen LogP contribution in [0.1, 0.15) is 33.4 Å². The lowest BCUT2D eigenvalue weighted by atomic mass is 9.66. The predicted octanol–water partition coefficient (Wildman–Crippen LogP) is 7.13. The summed E-state index contributed by atoms with van der Waals surface area (Å²) in [6.45, 7) is 4.34. The Morgan fingerprint density at radius 1 is 0.690 bits per heavy atom. The Bertz CT molecular complexity index is 1240. The van der Waals surface area contributed by atoms with Crippen LogP contribution in [-0.4, -0.2) is 5.11 Å². The molecule has 2 heteroatoms. The van der Waals surface area contributed by atoms with Crippen LogP contribution in [0.3, 0.4) is 0 Å². The number of fused-ring (bicyclic) bond motifs is 3. The van der Waals surface area contributed by atoms with Crippen molar-refractivity contribution in [3.05, 3.63) is 123 Å². The van der Waals surface area contributed by atoms with Crippen LogP contribution in [0.25, 0.3) is 11.1 Å². The number of rotatable bonds is 2. The molecule has 1 aliphatic carbocycles. The lowest BCUT2D eigenvalue weighted by Gasteiger charge is -2.35. The number of phenolic OH excluding ortho intramolecular Hbond substituents is 1. The third-order valence-corrected chi connectivity index (χ3v) is 6.60. The Kier molecular flexibility index (Phi) is 4.15. The lowest BCUT2D eigenvalue weighted by Crippen LogP contribution is -2.29. The molecule has 142 valence electrons. The first kappa shape index (κ1) is 18.2. The van der Waals surface area contributed by atoms with Gasteiger partial charge in [0.2, 0.25) is 0 Å². The summed E-state index contributed by atoms with van der Waals surface area (Å²) in [6.07, 6.45) is 0. The summed E-state index contributed by atoms with van der Waals surface area (Å²) in [4.78, 5) is 0. The lowest BCUT2D eigenvalue weighted by molar-refractivity contribution is 0.475. The molecule has 0 saturated carbocycles. The standard InChI is InChI=1S/C27H21BrO/c1-17-7-8-18(2)25(15-17)27(19-9-12-21(29)13-10-19)24-6-4-3-5-22(24)23-14-11-20(28)16-26(23)27/h3-16,29H,1-2H3. The van der Waals surface area contributed by atoms with E-state index in [-0.39, 0.29) is 5.75 Å². The van der Waals surface area contributed by atoms with Gasteiger partial charge in [0, 0.05) is 4.47 Å². The molecule has 0 radical (unpaired) electrons. The summed E-state index contributed by atoms with van der Waals surface area (Å²) < 4.78 is 1.07. The van der Waals surface area contributed by atoms with Crippen molar-refractivity contribution < 1.29 is 5.11 Å². The first-order chi connectivity index (χ1) is 14.0. The van der Waals surface area contributed by atoms with Crippen LogP contribution in [-0.2, 0) is 5.41 Å². The quantitative estimate of drug-likeness (QED) is 0.309. The Balaban J connectivity index is 2.00. The van der Waals surface area contributed by atoms with E-state index in [4.69, 9.17) is 0 Å². The second-order valence-corrected chi connectivity index (χ2v) is 8.77. The maximum absolute atomic E-state index is 9.98. The number of benzene rings is 4. The van der Waals surface area contributed by atoms with Gasteiger partial charge in [0.1, 0.15) is 5.75 Å². The van der Waals surface area contributed by atoms with E-state index < -0.39 is 5.41 Å². The molecule has 0 spiro atoms. The number of hydrogen-bond acceptors (Lipinski definition) is 1. The SMILES string of the molecule is Cc1ccc(C)c(C2(c3ccc(O)cc3)c3ccccc3-c3ccc(Br)cc32)c1. The molecule has 4 aromatic rings. The molecule has 0 fully saturated rings. The Labute approximate surface area is 179 Å². The van der Waals surface area contributed by atoms with Crippen LogP contribution in [0, 0.1) is 13.8 Å². The molecule has 0 aromatic heterocycles. The molecule has 1 aliphatic rings. The number of aromatic hydroxyl groups is 1. The van der Waals surface area contributed by atoms with Gasteiger partial charge in [-0.25, -0.2) is 0 Å². The van der Waals surface area contributed by atoms with Crippen molar-refractivity contribution in [3.8, 4) is 16.9 Å². The summed E-state index contributed by atoms with van der Waals surface area (Å²) in [5.74, 6) is 0.283. The van der Waals surface area contributed by atoms with Gasteiger partial charge in [-0.15, -0.1) is 0 Å². The highest BCUT2D eigenvalue weighted by Gasteiger charge is 2.46. The molecule has 0 amide bonds. The molecule has 4 aromatic carbocycles. The first-order valence-corrected chi connectivity index (χ1v) is 10.6. The predicted molar refractivity (Wildman–Crippen MR) is 123 cm³/mol. The summed E-state index contributed by atoms with van der Waals surface area (Å²) >= 11 is 3.71. The number of halogens is 1. The van der Waals surface area contributed by atoms with E-state index in [9.17, 15) is 5.11 Å². The van der Waals surface area contributed by atoms with E-state index in [1.807, 2.05) is 0 Å². The minimum absolute atomic E-state index is 0.283. The third-order valence-electron chi connectivity index (χ3n) is 6.10. The van der Waals surface area contributed by atoms with Gasteiger partial charge in [0.05, 0.1) is 5.41 Å². The molecular weight excluding hydrogens is 420 g/mol. The first-order valence-electron chi connectivity index (χ1n) is 9.79. The summed E-state index contributed by atoms with van der Waals surface area (Å²) in [5, 5.41) is 9.98. The zero-order valence-corrected chi connectivity index (χ0v) is 18.0. The Morgan fingerprint density at radius 2 is 1.41 bits per heavy atom. The highest BCUT2D eigenvalue weighted by molar-refractivity contribution is 9.10. The van der Waals surface area contributed by atoms with E-state index in [1.165, 1.54) is 38.9 Å². The highest BCUT2D eigenvalue weighted by Crippen LogP contribution is 2.57. The smallest absolute Gasteiger partial charge is 0.115 e. The molecule has 1 unspecified atom stereocenters. The van der Waals surface area contributed by atoms with Gasteiger partial charge in [-0.05, 0) is 77.1 Å². The minimum Gasteiger partial charge on any atom is -0.508 e. The van der Waals surface area contributed by atoms with Gasteiger partial charge < -0.3 is 5.11 Å². The van der Waals surface area contributed by atoms with Crippen molar-refractivity contribution in [1.29, 1.82) is 0 Å². The molecule has 0 bridgehead atoms. The van der Waals surface area contributed by atoms with Crippen LogP contribution in [0.2, 0.25) is 0 Å². The van der Waals surface area contributed by atoms with Crippen molar-refractivity contribution in [3.63, 3.8) is 0 Å². The van der Waals surface area contributed by atoms with Gasteiger partial charge in [-0.2, -0.15) is 0 Å². The van der Waals surface area contributed by atoms with E-state index in [0.29, 0.717) is 0 Å². The van der Waals surface area contributed by atoms with Gasteiger partial charge in [-0.3, -0.25) is 0 Å². The molecule has 29 heavy (non-hydrogen) atoms.